The molecule has 9 heteroatoms. The zero-order chi connectivity index (χ0) is 19.5. The van der Waals surface area contributed by atoms with Crippen molar-refractivity contribution in [1.29, 1.82) is 0 Å². The minimum absolute atomic E-state index is 0.00942. The average Bonchev–Trinajstić information content (AvgIpc) is 2.69. The molecule has 4 rings (SSSR count). The number of benzene rings is 1. The van der Waals surface area contributed by atoms with Crippen LogP contribution in [0.5, 0.6) is 5.88 Å². The first kappa shape index (κ1) is 18.1. The van der Waals surface area contributed by atoms with Crippen LogP contribution in [0.25, 0.3) is 10.9 Å². The largest absolute Gasteiger partial charge is 0.493 e. The summed E-state index contributed by atoms with van der Waals surface area (Å²) in [7, 11) is 0. The standard InChI is InChI=1S/C19H20N6O3/c26-13-6-4-12(5-7-13)22-19-21-10-11-2-1-3-14(16(11)24-19)17(28)25-18-20-9-8-15(27)23-18/h1-3,8-10,12-13,26H,4-7H2,(H,21,22,24)(H2,20,23,25,27,28)/t12-,13-. The van der Waals surface area contributed by atoms with Crippen molar-refractivity contribution in [2.45, 2.75) is 37.8 Å². The lowest BCUT2D eigenvalue weighted by molar-refractivity contribution is 0.102. The van der Waals surface area contributed by atoms with Crippen LogP contribution in [-0.4, -0.2) is 48.2 Å². The number of aliphatic hydroxyl groups is 1. The van der Waals surface area contributed by atoms with Crippen molar-refractivity contribution in [2.24, 2.45) is 0 Å². The van der Waals surface area contributed by atoms with Crippen molar-refractivity contribution >= 4 is 28.7 Å². The summed E-state index contributed by atoms with van der Waals surface area (Å²) < 4.78 is 0. The summed E-state index contributed by atoms with van der Waals surface area (Å²) in [6, 6.07) is 6.76. The first-order valence-electron chi connectivity index (χ1n) is 9.12. The number of hydrogen-bond donors (Lipinski definition) is 4. The van der Waals surface area contributed by atoms with Crippen molar-refractivity contribution < 1.29 is 15.0 Å². The Bertz CT molecular complexity index is 1000. The van der Waals surface area contributed by atoms with E-state index in [0.29, 0.717) is 17.0 Å². The van der Waals surface area contributed by atoms with E-state index in [9.17, 15) is 15.0 Å². The van der Waals surface area contributed by atoms with Gasteiger partial charge >= 0.3 is 0 Å². The third-order valence-corrected chi connectivity index (χ3v) is 4.75. The molecule has 0 spiro atoms. The van der Waals surface area contributed by atoms with Crippen molar-refractivity contribution in [2.75, 3.05) is 10.6 Å². The van der Waals surface area contributed by atoms with E-state index in [0.717, 1.165) is 31.1 Å². The van der Waals surface area contributed by atoms with Gasteiger partial charge in [0.05, 0.1) is 17.2 Å². The molecular weight excluding hydrogens is 360 g/mol. The van der Waals surface area contributed by atoms with E-state index in [-0.39, 0.29) is 24.0 Å². The van der Waals surface area contributed by atoms with E-state index in [1.165, 1.54) is 12.3 Å². The number of carbonyl (C=O) groups is 1. The average molecular weight is 380 g/mol. The van der Waals surface area contributed by atoms with Crippen LogP contribution in [0, 0.1) is 0 Å². The second-order valence-corrected chi connectivity index (χ2v) is 6.78. The number of hydrogen-bond acceptors (Lipinski definition) is 8. The van der Waals surface area contributed by atoms with Crippen LogP contribution >= 0.6 is 0 Å². The van der Waals surface area contributed by atoms with Gasteiger partial charge in [0, 0.05) is 29.9 Å². The minimum atomic E-state index is -0.429. The zero-order valence-corrected chi connectivity index (χ0v) is 15.0. The summed E-state index contributed by atoms with van der Waals surface area (Å²) in [6.45, 7) is 0. The first-order chi connectivity index (χ1) is 13.6. The number of aliphatic hydroxyl groups excluding tert-OH is 1. The van der Waals surface area contributed by atoms with E-state index in [4.69, 9.17) is 0 Å². The number of aromatic nitrogens is 4. The highest BCUT2D eigenvalue weighted by molar-refractivity contribution is 6.11. The number of carbonyl (C=O) groups excluding carboxylic acids is 1. The fourth-order valence-electron chi connectivity index (χ4n) is 3.29. The lowest BCUT2D eigenvalue weighted by Crippen LogP contribution is -2.29. The van der Waals surface area contributed by atoms with Gasteiger partial charge in [-0.1, -0.05) is 12.1 Å². The summed E-state index contributed by atoms with van der Waals surface area (Å²) >= 11 is 0. The second-order valence-electron chi connectivity index (χ2n) is 6.78. The molecule has 1 aromatic carbocycles. The van der Waals surface area contributed by atoms with Gasteiger partial charge in [0.1, 0.15) is 0 Å². The number of anilines is 2. The molecule has 9 nitrogen and oxygen atoms in total. The molecule has 0 radical (unpaired) electrons. The molecule has 0 atom stereocenters. The monoisotopic (exact) mass is 380 g/mol. The van der Waals surface area contributed by atoms with Crippen LogP contribution in [0.4, 0.5) is 11.9 Å². The number of rotatable bonds is 4. The quantitative estimate of drug-likeness (QED) is 0.541. The molecule has 1 amide bonds. The number of fused-ring (bicyclic) bond motifs is 1. The van der Waals surface area contributed by atoms with Gasteiger partial charge in [-0.15, -0.1) is 0 Å². The van der Waals surface area contributed by atoms with Crippen LogP contribution in [0.1, 0.15) is 36.0 Å². The van der Waals surface area contributed by atoms with Crippen molar-refractivity contribution in [3.8, 4) is 5.88 Å². The maximum Gasteiger partial charge on any atom is 0.260 e. The molecule has 144 valence electrons. The van der Waals surface area contributed by atoms with Crippen LogP contribution in [0.2, 0.25) is 0 Å². The summed E-state index contributed by atoms with van der Waals surface area (Å²) in [5.41, 5.74) is 0.863. The van der Waals surface area contributed by atoms with Gasteiger partial charge < -0.3 is 15.5 Å². The molecule has 4 N–H and O–H groups in total. The molecule has 1 fully saturated rings. The molecule has 3 aromatic rings. The highest BCUT2D eigenvalue weighted by Gasteiger charge is 2.20. The molecule has 28 heavy (non-hydrogen) atoms. The highest BCUT2D eigenvalue weighted by Crippen LogP contribution is 2.23. The SMILES string of the molecule is O=C(Nc1nccc(O)n1)c1cccc2cnc(N[C@H]3CC[C@H](O)CC3)nc12. The Morgan fingerprint density at radius 2 is 1.86 bits per heavy atom. The summed E-state index contributed by atoms with van der Waals surface area (Å²) in [5.74, 6) is -0.200. The molecule has 1 saturated carbocycles. The lowest BCUT2D eigenvalue weighted by atomic mass is 9.93. The Morgan fingerprint density at radius 1 is 1.04 bits per heavy atom. The molecule has 0 aliphatic heterocycles. The lowest BCUT2D eigenvalue weighted by Gasteiger charge is -2.26. The summed E-state index contributed by atoms with van der Waals surface area (Å²) in [4.78, 5) is 29.3. The molecule has 0 saturated heterocycles. The third-order valence-electron chi connectivity index (χ3n) is 4.75. The number of amides is 1. The molecule has 2 aromatic heterocycles. The molecular formula is C19H20N6O3. The molecule has 1 aliphatic rings. The van der Waals surface area contributed by atoms with Crippen molar-refractivity contribution in [3.63, 3.8) is 0 Å². The van der Waals surface area contributed by atoms with E-state index in [2.05, 4.69) is 30.6 Å². The Balaban J connectivity index is 1.58. The van der Waals surface area contributed by atoms with E-state index in [1.54, 1.807) is 18.3 Å². The number of aromatic hydroxyl groups is 1. The van der Waals surface area contributed by atoms with Gasteiger partial charge in [-0.05, 0) is 31.7 Å². The Labute approximate surface area is 160 Å². The Morgan fingerprint density at radius 3 is 2.64 bits per heavy atom. The molecule has 2 heterocycles. The normalized spacial score (nSPS) is 19.3. The van der Waals surface area contributed by atoms with Gasteiger partial charge in [-0.25, -0.2) is 15.0 Å². The van der Waals surface area contributed by atoms with Gasteiger partial charge in [-0.2, -0.15) is 4.98 Å². The topological polar surface area (TPSA) is 133 Å². The molecule has 0 bridgehead atoms. The van der Waals surface area contributed by atoms with Gasteiger partial charge in [0.15, 0.2) is 0 Å². The Hall–Kier alpha value is -3.33. The van der Waals surface area contributed by atoms with Crippen LogP contribution in [-0.2, 0) is 0 Å². The zero-order valence-electron chi connectivity index (χ0n) is 15.0. The fraction of sp³-hybridized carbons (Fsp3) is 0.316. The van der Waals surface area contributed by atoms with E-state index >= 15 is 0 Å². The summed E-state index contributed by atoms with van der Waals surface area (Å²) in [5, 5.41) is 25.7. The number of nitrogens with one attached hydrogen (secondary N) is 2. The fourth-order valence-corrected chi connectivity index (χ4v) is 3.29. The third kappa shape index (κ3) is 3.99. The number of para-hydroxylation sites is 1. The van der Waals surface area contributed by atoms with E-state index in [1.807, 2.05) is 6.07 Å². The Kier molecular flexibility index (Phi) is 4.98. The predicted molar refractivity (Wildman–Crippen MR) is 103 cm³/mol. The maximum absolute atomic E-state index is 12.7. The highest BCUT2D eigenvalue weighted by atomic mass is 16.3. The second kappa shape index (κ2) is 7.73. The van der Waals surface area contributed by atoms with Gasteiger partial charge in [-0.3, -0.25) is 10.1 Å². The van der Waals surface area contributed by atoms with Crippen molar-refractivity contribution in [3.05, 3.63) is 42.2 Å². The summed E-state index contributed by atoms with van der Waals surface area (Å²) in [6.07, 6.45) is 5.99. The van der Waals surface area contributed by atoms with Gasteiger partial charge in [0.2, 0.25) is 17.8 Å². The first-order valence-corrected chi connectivity index (χ1v) is 9.12. The molecule has 1 aliphatic carbocycles. The molecule has 0 unspecified atom stereocenters. The maximum atomic E-state index is 12.7. The predicted octanol–water partition coefficient (Wildman–Crippen LogP) is 2.09. The van der Waals surface area contributed by atoms with Crippen LogP contribution in [0.15, 0.2) is 36.7 Å². The van der Waals surface area contributed by atoms with Crippen LogP contribution < -0.4 is 10.6 Å². The van der Waals surface area contributed by atoms with E-state index < -0.39 is 5.91 Å². The minimum Gasteiger partial charge on any atom is -0.493 e. The smallest absolute Gasteiger partial charge is 0.260 e. The van der Waals surface area contributed by atoms with Crippen molar-refractivity contribution in [1.82, 2.24) is 19.9 Å². The van der Waals surface area contributed by atoms with Gasteiger partial charge in [0.25, 0.3) is 5.91 Å². The number of nitrogens with zero attached hydrogens (tertiary/aromatic N) is 4. The van der Waals surface area contributed by atoms with Crippen LogP contribution in [0.3, 0.4) is 0 Å².